The summed E-state index contributed by atoms with van der Waals surface area (Å²) in [5.41, 5.74) is -4.43. The second-order valence-corrected chi connectivity index (χ2v) is 17.3. The van der Waals surface area contributed by atoms with Crippen LogP contribution in [-0.2, 0) is 42.8 Å². The number of likely N-dealkylation sites (N-methyl/N-ethyl adjacent to an activating group) is 1. The molecule has 56 heavy (non-hydrogen) atoms. The molecule has 0 aromatic rings. The van der Waals surface area contributed by atoms with Gasteiger partial charge in [-0.2, -0.15) is 0 Å². The maximum atomic E-state index is 14.3. The summed E-state index contributed by atoms with van der Waals surface area (Å²) in [6, 6.07) is -0.319. The van der Waals surface area contributed by atoms with Crippen LogP contribution in [0.5, 0.6) is 0 Å². The lowest BCUT2D eigenvalue weighted by atomic mass is 9.73. The molecule has 16 heteroatoms. The van der Waals surface area contributed by atoms with Crippen LogP contribution in [0.25, 0.3) is 0 Å². The smallest absolute Gasteiger partial charge is 0.311 e. The van der Waals surface area contributed by atoms with Crippen LogP contribution in [0.1, 0.15) is 102 Å². The van der Waals surface area contributed by atoms with Crippen molar-refractivity contribution in [3.05, 3.63) is 0 Å². The van der Waals surface area contributed by atoms with Crippen molar-refractivity contribution in [2.24, 2.45) is 28.8 Å². The number of oxime groups is 1. The van der Waals surface area contributed by atoms with Crippen molar-refractivity contribution in [3.63, 3.8) is 0 Å². The molecule has 0 spiro atoms. The second kappa shape index (κ2) is 20.1. The molecule has 3 saturated heterocycles. The third kappa shape index (κ3) is 11.2. The van der Waals surface area contributed by atoms with Crippen LogP contribution in [0, 0.1) is 23.7 Å². The third-order valence-corrected chi connectivity index (χ3v) is 12.4. The Kier molecular flexibility index (Phi) is 17.6. The van der Waals surface area contributed by atoms with Gasteiger partial charge >= 0.3 is 5.97 Å². The lowest BCUT2D eigenvalue weighted by molar-refractivity contribution is -0.317. The topological polar surface area (TPSA) is 208 Å². The number of rotatable bonds is 11. The molecule has 16 nitrogen and oxygen atoms in total. The predicted octanol–water partition coefficient (Wildman–Crippen LogP) is 2.58. The number of esters is 1. The molecule has 18 atom stereocenters. The molecule has 0 amide bonds. The van der Waals surface area contributed by atoms with Crippen LogP contribution < -0.4 is 0 Å². The molecule has 0 aromatic carbocycles. The van der Waals surface area contributed by atoms with Crippen molar-refractivity contribution < 1.29 is 68.3 Å². The fourth-order valence-corrected chi connectivity index (χ4v) is 8.82. The lowest BCUT2D eigenvalue weighted by Gasteiger charge is -2.49. The quantitative estimate of drug-likeness (QED) is 0.0881. The van der Waals surface area contributed by atoms with Crippen molar-refractivity contribution in [2.75, 3.05) is 34.6 Å². The van der Waals surface area contributed by atoms with Crippen LogP contribution in [-0.4, -0.2) is 161 Å². The molecule has 5 N–H and O–H groups in total. The number of ether oxygens (including phenoxy) is 7. The normalized spacial score (nSPS) is 47.0. The molecule has 0 bridgehead atoms. The van der Waals surface area contributed by atoms with Crippen molar-refractivity contribution in [3.8, 4) is 0 Å². The molecule has 1 unspecified atom stereocenters. The minimum absolute atomic E-state index is 0.0127. The molecule has 3 rings (SSSR count). The van der Waals surface area contributed by atoms with Crippen molar-refractivity contribution in [2.45, 2.75) is 186 Å². The van der Waals surface area contributed by atoms with Crippen molar-refractivity contribution in [1.82, 2.24) is 4.90 Å². The molecule has 3 aliphatic rings. The summed E-state index contributed by atoms with van der Waals surface area (Å²) < 4.78 is 42.9. The van der Waals surface area contributed by atoms with E-state index in [0.717, 1.165) is 0 Å². The first-order chi connectivity index (χ1) is 26.0. The van der Waals surface area contributed by atoms with Gasteiger partial charge in [0.2, 0.25) is 6.79 Å². The van der Waals surface area contributed by atoms with E-state index in [-0.39, 0.29) is 38.2 Å². The average molecular weight is 807 g/mol. The summed E-state index contributed by atoms with van der Waals surface area (Å²) in [6.45, 7) is 19.0. The fraction of sp³-hybridized carbons (Fsp3) is 0.950. The first-order valence-electron chi connectivity index (χ1n) is 20.3. The molecule has 0 aliphatic carbocycles. The van der Waals surface area contributed by atoms with Crippen LogP contribution in [0.2, 0.25) is 0 Å². The maximum Gasteiger partial charge on any atom is 0.311 e. The van der Waals surface area contributed by atoms with Gasteiger partial charge in [0.1, 0.15) is 23.9 Å². The van der Waals surface area contributed by atoms with E-state index >= 15 is 0 Å². The SMILES string of the molecule is CCOCO/N=C1\[C@H](C)C[C@@](C)(O)C(O[C@@H]2O[C@H](C)C[C@H](N(C)C)[C@H]2O)[C@@H](C)[C@H](O[C@H]2C[C@@](C)(OC)[C@@H](O)[C@H](C)O2)[C@@H](C)C(=O)O[C@H](CC)[C@@](C)(O)[C@H](O)[C@H]1C. The van der Waals surface area contributed by atoms with E-state index in [1.807, 2.05) is 39.8 Å². The van der Waals surface area contributed by atoms with Gasteiger partial charge in [0.25, 0.3) is 0 Å². The van der Waals surface area contributed by atoms with Gasteiger partial charge in [0, 0.05) is 43.9 Å². The summed E-state index contributed by atoms with van der Waals surface area (Å²) in [6.07, 6.45) is -9.34. The lowest BCUT2D eigenvalue weighted by Crippen LogP contribution is -2.61. The van der Waals surface area contributed by atoms with Gasteiger partial charge in [-0.15, -0.1) is 0 Å². The van der Waals surface area contributed by atoms with Crippen molar-refractivity contribution >= 4 is 11.7 Å². The molecule has 0 aromatic heterocycles. The van der Waals surface area contributed by atoms with E-state index < -0.39 is 102 Å². The second-order valence-electron chi connectivity index (χ2n) is 17.3. The summed E-state index contributed by atoms with van der Waals surface area (Å²) in [5.74, 6) is -4.06. The van der Waals surface area contributed by atoms with Gasteiger partial charge in [-0.1, -0.05) is 32.9 Å². The van der Waals surface area contributed by atoms with Gasteiger partial charge in [-0.25, -0.2) is 0 Å². The number of carbonyl (C=O) groups is 1. The number of hydrogen-bond donors (Lipinski definition) is 5. The fourth-order valence-electron chi connectivity index (χ4n) is 8.82. The minimum Gasteiger partial charge on any atom is -0.459 e. The number of methoxy groups -OCH3 is 1. The molecular weight excluding hydrogens is 732 g/mol. The zero-order valence-corrected chi connectivity index (χ0v) is 36.2. The number of hydrogen-bond acceptors (Lipinski definition) is 16. The number of aliphatic hydroxyl groups excluding tert-OH is 3. The number of carbonyl (C=O) groups excluding carboxylic acids is 1. The average Bonchev–Trinajstić information content (AvgIpc) is 3.12. The Morgan fingerprint density at radius 3 is 2.12 bits per heavy atom. The van der Waals surface area contributed by atoms with Gasteiger partial charge < -0.3 is 68.4 Å². The minimum atomic E-state index is -1.95. The van der Waals surface area contributed by atoms with E-state index in [9.17, 15) is 30.3 Å². The predicted molar refractivity (Wildman–Crippen MR) is 206 cm³/mol. The number of cyclic esters (lactones) is 1. The van der Waals surface area contributed by atoms with Gasteiger partial charge in [0.05, 0.1) is 53.4 Å². The van der Waals surface area contributed by atoms with Crippen LogP contribution in [0.4, 0.5) is 0 Å². The van der Waals surface area contributed by atoms with E-state index in [1.165, 1.54) is 14.0 Å². The Hall–Kier alpha value is -1.54. The maximum absolute atomic E-state index is 14.3. The largest absolute Gasteiger partial charge is 0.459 e. The molecule has 3 fully saturated rings. The van der Waals surface area contributed by atoms with Crippen molar-refractivity contribution in [1.29, 1.82) is 0 Å². The Morgan fingerprint density at radius 2 is 1.55 bits per heavy atom. The van der Waals surface area contributed by atoms with E-state index in [1.54, 1.807) is 48.5 Å². The highest BCUT2D eigenvalue weighted by atomic mass is 16.7. The van der Waals surface area contributed by atoms with Gasteiger partial charge in [-0.3, -0.25) is 4.79 Å². The number of nitrogens with zero attached hydrogens (tertiary/aromatic N) is 2. The zero-order chi connectivity index (χ0) is 42.5. The summed E-state index contributed by atoms with van der Waals surface area (Å²) >= 11 is 0. The van der Waals surface area contributed by atoms with Gasteiger partial charge in [0.15, 0.2) is 12.6 Å². The highest BCUT2D eigenvalue weighted by molar-refractivity contribution is 5.88. The molecule has 328 valence electrons. The first-order valence-corrected chi connectivity index (χ1v) is 20.3. The van der Waals surface area contributed by atoms with Crippen LogP contribution in [0.15, 0.2) is 5.16 Å². The highest BCUT2D eigenvalue weighted by Crippen LogP contribution is 2.41. The third-order valence-electron chi connectivity index (χ3n) is 12.4. The Balaban J connectivity index is 2.24. The van der Waals surface area contributed by atoms with Gasteiger partial charge in [-0.05, 0) is 81.8 Å². The number of aliphatic hydroxyl groups is 5. The molecular formula is C40H74N2O14. The molecule has 3 aliphatic heterocycles. The highest BCUT2D eigenvalue weighted by Gasteiger charge is 2.53. The first kappa shape index (κ1) is 48.8. The van der Waals surface area contributed by atoms with E-state index in [4.69, 9.17) is 38.0 Å². The summed E-state index contributed by atoms with van der Waals surface area (Å²) in [4.78, 5) is 21.7. The van der Waals surface area contributed by atoms with E-state index in [0.29, 0.717) is 18.7 Å². The molecule has 0 radical (unpaired) electrons. The van der Waals surface area contributed by atoms with Crippen LogP contribution in [0.3, 0.4) is 0 Å². The van der Waals surface area contributed by atoms with E-state index in [2.05, 4.69) is 5.16 Å². The Morgan fingerprint density at radius 1 is 0.911 bits per heavy atom. The standard InChI is InChI=1S/C40H74N2O14/c1-15-28-40(11,48)33(44)23(5)30(41-51-20-50-16-2)21(3)18-38(9,47)35(56-37-31(43)27(42(12)13)17-22(4)52-37)24(6)32(25(7)36(46)54-28)55-29-19-39(10,49-14)34(45)26(8)53-29/h21-29,31-35,37,43-45,47-48H,15-20H2,1-14H3/b41-30+/t21-,22-,23+,24+,25-,26+,27+,28-,29+,31-,32+,33-,34+,35?,37+,38-,39-,40-/m1/s1. The summed E-state index contributed by atoms with van der Waals surface area (Å²) in [7, 11) is 5.22. The summed E-state index contributed by atoms with van der Waals surface area (Å²) in [5, 5.41) is 63.3. The Labute approximate surface area is 334 Å². The monoisotopic (exact) mass is 807 g/mol. The zero-order valence-electron chi connectivity index (χ0n) is 36.2. The van der Waals surface area contributed by atoms with Crippen LogP contribution >= 0.6 is 0 Å². The molecule has 3 heterocycles. The Bertz CT molecular complexity index is 1270. The molecule has 0 saturated carbocycles.